The van der Waals surface area contributed by atoms with Crippen molar-refractivity contribution in [1.29, 1.82) is 0 Å². The molecule has 1 aliphatic heterocycles. The summed E-state index contributed by atoms with van der Waals surface area (Å²) in [6.07, 6.45) is 8.76. The molecule has 0 aromatic carbocycles. The zero-order valence-corrected chi connectivity index (χ0v) is 13.1. The molecule has 0 spiro atoms. The van der Waals surface area contributed by atoms with Crippen LogP contribution in [0.25, 0.3) is 5.82 Å². The van der Waals surface area contributed by atoms with Crippen LogP contribution in [0.2, 0.25) is 0 Å². The van der Waals surface area contributed by atoms with Crippen LogP contribution in [-0.4, -0.2) is 51.5 Å². The van der Waals surface area contributed by atoms with Crippen molar-refractivity contribution in [2.75, 3.05) is 31.1 Å². The maximum absolute atomic E-state index is 12.2. The number of carbonyl (C=O) groups is 1. The number of rotatable bonds is 4. The van der Waals surface area contributed by atoms with Gasteiger partial charge in [-0.05, 0) is 30.9 Å². The van der Waals surface area contributed by atoms with Crippen molar-refractivity contribution in [1.82, 2.24) is 19.4 Å². The molecule has 2 aromatic rings. The van der Waals surface area contributed by atoms with Crippen LogP contribution in [0.5, 0.6) is 0 Å². The molecule has 0 N–H and O–H groups in total. The van der Waals surface area contributed by atoms with Crippen LogP contribution in [0.4, 0.5) is 5.82 Å². The van der Waals surface area contributed by atoms with Gasteiger partial charge in [-0.3, -0.25) is 4.79 Å². The van der Waals surface area contributed by atoms with E-state index in [1.165, 1.54) is 12.8 Å². The van der Waals surface area contributed by atoms with Gasteiger partial charge in [-0.2, -0.15) is 0 Å². The number of hydrogen-bond acceptors (Lipinski definition) is 4. The number of piperazine rings is 1. The number of amides is 1. The molecule has 6 heteroatoms. The molecule has 1 saturated heterocycles. The first-order valence-electron chi connectivity index (χ1n) is 8.28. The summed E-state index contributed by atoms with van der Waals surface area (Å²) in [7, 11) is 0. The van der Waals surface area contributed by atoms with Gasteiger partial charge >= 0.3 is 0 Å². The summed E-state index contributed by atoms with van der Waals surface area (Å²) in [6.45, 7) is 3.24. The molecule has 0 atom stereocenters. The average Bonchev–Trinajstić information content (AvgIpc) is 3.24. The average molecular weight is 311 g/mol. The van der Waals surface area contributed by atoms with Crippen molar-refractivity contribution in [2.45, 2.75) is 19.3 Å². The molecule has 0 radical (unpaired) electrons. The molecule has 1 saturated carbocycles. The second kappa shape index (κ2) is 6.02. The van der Waals surface area contributed by atoms with Crippen LogP contribution < -0.4 is 4.90 Å². The van der Waals surface area contributed by atoms with Gasteiger partial charge < -0.3 is 14.4 Å². The van der Waals surface area contributed by atoms with E-state index in [9.17, 15) is 4.79 Å². The first kappa shape index (κ1) is 14.2. The SMILES string of the molecule is O=C(CC1CC1)N1CCN(c2cc(-n3cccc3)ncn2)CC1. The van der Waals surface area contributed by atoms with Crippen molar-refractivity contribution < 1.29 is 4.79 Å². The highest BCUT2D eigenvalue weighted by molar-refractivity contribution is 5.77. The van der Waals surface area contributed by atoms with E-state index in [0.717, 1.165) is 44.2 Å². The maximum Gasteiger partial charge on any atom is 0.222 e. The van der Waals surface area contributed by atoms with Gasteiger partial charge in [-0.25, -0.2) is 9.97 Å². The summed E-state index contributed by atoms with van der Waals surface area (Å²) in [5, 5.41) is 0. The Kier molecular flexibility index (Phi) is 3.73. The molecular weight excluding hydrogens is 290 g/mol. The zero-order chi connectivity index (χ0) is 15.6. The van der Waals surface area contributed by atoms with Gasteiger partial charge in [0.15, 0.2) is 0 Å². The molecule has 4 rings (SSSR count). The molecule has 2 aromatic heterocycles. The van der Waals surface area contributed by atoms with E-state index in [4.69, 9.17) is 0 Å². The van der Waals surface area contributed by atoms with Gasteiger partial charge in [0.05, 0.1) is 0 Å². The summed E-state index contributed by atoms with van der Waals surface area (Å²) >= 11 is 0. The lowest BCUT2D eigenvalue weighted by molar-refractivity contribution is -0.131. The van der Waals surface area contributed by atoms with Gasteiger partial charge in [0.2, 0.25) is 5.91 Å². The zero-order valence-electron chi connectivity index (χ0n) is 13.1. The predicted molar refractivity (Wildman–Crippen MR) is 87.5 cm³/mol. The Bertz CT molecular complexity index is 672. The van der Waals surface area contributed by atoms with E-state index in [0.29, 0.717) is 11.8 Å². The molecule has 120 valence electrons. The van der Waals surface area contributed by atoms with E-state index in [2.05, 4.69) is 14.9 Å². The summed E-state index contributed by atoms with van der Waals surface area (Å²) in [4.78, 5) is 25.1. The van der Waals surface area contributed by atoms with Crippen LogP contribution in [0, 0.1) is 5.92 Å². The lowest BCUT2D eigenvalue weighted by atomic mass is 10.2. The van der Waals surface area contributed by atoms with E-state index < -0.39 is 0 Å². The van der Waals surface area contributed by atoms with E-state index in [1.54, 1.807) is 6.33 Å². The first-order valence-corrected chi connectivity index (χ1v) is 8.28. The summed E-state index contributed by atoms with van der Waals surface area (Å²) in [6, 6.07) is 5.96. The molecule has 0 bridgehead atoms. The standard InChI is InChI=1S/C17H21N5O/c23-17(11-14-3-4-14)22-9-7-21(8-10-22)16-12-15(18-13-19-16)20-5-1-2-6-20/h1-2,5-6,12-14H,3-4,7-11H2. The highest BCUT2D eigenvalue weighted by Gasteiger charge is 2.28. The number of hydrogen-bond donors (Lipinski definition) is 0. The predicted octanol–water partition coefficient (Wildman–Crippen LogP) is 1.72. The van der Waals surface area contributed by atoms with Gasteiger partial charge in [0.1, 0.15) is 18.0 Å². The van der Waals surface area contributed by atoms with Crippen molar-refractivity contribution in [2.24, 2.45) is 5.92 Å². The summed E-state index contributed by atoms with van der Waals surface area (Å²) in [5.41, 5.74) is 0. The van der Waals surface area contributed by atoms with Gasteiger partial charge in [0, 0.05) is 51.1 Å². The van der Waals surface area contributed by atoms with Crippen LogP contribution in [0.1, 0.15) is 19.3 Å². The molecule has 23 heavy (non-hydrogen) atoms. The number of nitrogens with zero attached hydrogens (tertiary/aromatic N) is 5. The quantitative estimate of drug-likeness (QED) is 0.863. The second-order valence-electron chi connectivity index (χ2n) is 6.34. The van der Waals surface area contributed by atoms with Gasteiger partial charge in [-0.15, -0.1) is 0 Å². The third-order valence-electron chi connectivity index (χ3n) is 4.62. The molecular formula is C17H21N5O. The largest absolute Gasteiger partial charge is 0.353 e. The van der Waals surface area contributed by atoms with Crippen molar-refractivity contribution >= 4 is 11.7 Å². The van der Waals surface area contributed by atoms with Crippen LogP contribution in [-0.2, 0) is 4.79 Å². The van der Waals surface area contributed by atoms with Crippen molar-refractivity contribution in [3.8, 4) is 5.82 Å². The van der Waals surface area contributed by atoms with E-state index in [-0.39, 0.29) is 0 Å². The van der Waals surface area contributed by atoms with Crippen molar-refractivity contribution in [3.63, 3.8) is 0 Å². The van der Waals surface area contributed by atoms with Crippen molar-refractivity contribution in [3.05, 3.63) is 36.9 Å². The minimum absolute atomic E-state index is 0.322. The summed E-state index contributed by atoms with van der Waals surface area (Å²) in [5.74, 6) is 2.78. The normalized spacial score (nSPS) is 18.3. The Labute approximate surface area is 135 Å². The fourth-order valence-corrected chi connectivity index (χ4v) is 3.02. The number of anilines is 1. The minimum atomic E-state index is 0.322. The lowest BCUT2D eigenvalue weighted by Gasteiger charge is -2.35. The minimum Gasteiger partial charge on any atom is -0.353 e. The number of carbonyl (C=O) groups excluding carboxylic acids is 1. The van der Waals surface area contributed by atoms with Gasteiger partial charge in [-0.1, -0.05) is 0 Å². The molecule has 1 amide bonds. The van der Waals surface area contributed by atoms with Gasteiger partial charge in [0.25, 0.3) is 0 Å². The Morgan fingerprint density at radius 3 is 2.43 bits per heavy atom. The topological polar surface area (TPSA) is 54.3 Å². The Morgan fingerprint density at radius 1 is 1.04 bits per heavy atom. The molecule has 3 heterocycles. The Morgan fingerprint density at radius 2 is 1.74 bits per heavy atom. The lowest BCUT2D eigenvalue weighted by Crippen LogP contribution is -2.49. The van der Waals surface area contributed by atoms with E-state index >= 15 is 0 Å². The Hall–Kier alpha value is -2.37. The highest BCUT2D eigenvalue weighted by atomic mass is 16.2. The monoisotopic (exact) mass is 311 g/mol. The maximum atomic E-state index is 12.2. The summed E-state index contributed by atoms with van der Waals surface area (Å²) < 4.78 is 1.97. The molecule has 6 nitrogen and oxygen atoms in total. The second-order valence-corrected chi connectivity index (χ2v) is 6.34. The van der Waals surface area contributed by atoms with E-state index in [1.807, 2.05) is 40.1 Å². The number of aromatic nitrogens is 3. The third-order valence-corrected chi connectivity index (χ3v) is 4.62. The molecule has 0 unspecified atom stereocenters. The molecule has 2 fully saturated rings. The van der Waals surface area contributed by atoms with Crippen LogP contribution >= 0.6 is 0 Å². The van der Waals surface area contributed by atoms with Crippen LogP contribution in [0.15, 0.2) is 36.9 Å². The smallest absolute Gasteiger partial charge is 0.222 e. The van der Waals surface area contributed by atoms with Crippen LogP contribution in [0.3, 0.4) is 0 Å². The fraction of sp³-hybridized carbons (Fsp3) is 0.471. The highest BCUT2D eigenvalue weighted by Crippen LogP contribution is 2.33. The fourth-order valence-electron chi connectivity index (χ4n) is 3.02. The molecule has 2 aliphatic rings. The third kappa shape index (κ3) is 3.21. The Balaban J connectivity index is 1.40. The first-order chi connectivity index (χ1) is 11.3. The molecule has 1 aliphatic carbocycles.